The summed E-state index contributed by atoms with van der Waals surface area (Å²) in [5.41, 5.74) is 0. The molecule has 0 aromatic heterocycles. The maximum atomic E-state index is 9.93. The third-order valence-electron chi connectivity index (χ3n) is 0. The molecule has 0 spiro atoms. The first-order valence-electron chi connectivity index (χ1n) is 1.27. The second kappa shape index (κ2) is 1.69. The van der Waals surface area contributed by atoms with Gasteiger partial charge in [-0.3, -0.25) is 0 Å². The van der Waals surface area contributed by atoms with Crippen LogP contribution in [0.25, 0.3) is 0 Å². The molecule has 0 bridgehead atoms. The molecule has 0 N–H and O–H groups in total. The Hall–Kier alpha value is -0.112. The molecule has 0 aromatic rings. The van der Waals surface area contributed by atoms with Gasteiger partial charge in [0.25, 0.3) is 0 Å². The van der Waals surface area contributed by atoms with E-state index in [-0.39, 0.29) is 1.43 Å². The van der Waals surface area contributed by atoms with Crippen LogP contribution < -0.4 is 0 Å². The molecule has 0 saturated carbocycles. The molecule has 0 aromatic carbocycles. The maximum Gasteiger partial charge on any atom is 1.00 e. The molecule has 0 fully saturated rings. The summed E-state index contributed by atoms with van der Waals surface area (Å²) in [5.74, 6) is 0. The van der Waals surface area contributed by atoms with E-state index in [0.717, 1.165) is 0 Å². The molecule has 1 nitrogen and oxygen atoms in total. The first-order valence-corrected chi connectivity index (χ1v) is 7.06. The van der Waals surface area contributed by atoms with Crippen LogP contribution in [0, 0.1) is 11.8 Å². The van der Waals surface area contributed by atoms with Gasteiger partial charge in [-0.05, 0) is 0 Å². The zero-order valence-corrected chi connectivity index (χ0v) is 6.29. The fourth-order valence-electron chi connectivity index (χ4n) is 0. The van der Waals surface area contributed by atoms with Crippen LogP contribution in [0.3, 0.4) is 0 Å². The van der Waals surface area contributed by atoms with Gasteiger partial charge in [0, 0.05) is 6.57 Å². The molecule has 0 radical (unpaired) electrons. The Balaban J connectivity index is -0.000000149. The van der Waals surface area contributed by atoms with Crippen LogP contribution in [0.1, 0.15) is 1.43 Å². The summed E-state index contributed by atoms with van der Waals surface area (Å²) < 4.78 is 59.6. The van der Waals surface area contributed by atoms with E-state index >= 15 is 0 Å². The Morgan fingerprint density at radius 2 is 0.889 bits per heavy atom. The molecule has 0 aliphatic heterocycles. The predicted molar refractivity (Wildman–Crippen MR) is 20.2 cm³/mol. The Bertz CT molecular complexity index is 104. The normalized spacial score (nSPS) is 18.2. The van der Waals surface area contributed by atoms with Crippen molar-refractivity contribution in [3.63, 3.8) is 0 Å². The number of hydrogen-bond donors (Lipinski definition) is 0. The van der Waals surface area contributed by atoms with Gasteiger partial charge in [0.15, 0.2) is 0 Å². The monoisotopic (exact) mass is 263 g/mol. The summed E-state index contributed by atoms with van der Waals surface area (Å²) in [7, 11) is 0. The Labute approximate surface area is 50.3 Å². The molecular formula is CH2F6NSb. The number of hydrogen-bond acceptors (Lipinski definition) is 1. The van der Waals surface area contributed by atoms with Gasteiger partial charge in [0.05, 0.1) is 0 Å². The fraction of sp³-hybridized carbons (Fsp3) is 0. The molecule has 58 valence electrons. The minimum absolute atomic E-state index is 0. The van der Waals surface area contributed by atoms with Gasteiger partial charge in [-0.15, -0.1) is 0 Å². The number of nitriles is 1. The third-order valence-corrected chi connectivity index (χ3v) is 0. The van der Waals surface area contributed by atoms with Crippen LogP contribution >= 0.6 is 0 Å². The molecule has 0 saturated heterocycles. The summed E-state index contributed by atoms with van der Waals surface area (Å²) >= 11 is -11.2. The van der Waals surface area contributed by atoms with Crippen molar-refractivity contribution in [2.24, 2.45) is 0 Å². The topological polar surface area (TPSA) is 23.8 Å². The molecule has 9 heavy (non-hydrogen) atoms. The van der Waals surface area contributed by atoms with Crippen LogP contribution in [0.15, 0.2) is 0 Å². The predicted octanol–water partition coefficient (Wildman–Crippen LogP) is 2.39. The Morgan fingerprint density at radius 3 is 0.889 bits per heavy atom. The molecule has 0 aliphatic rings. The van der Waals surface area contributed by atoms with Gasteiger partial charge in [-0.2, -0.15) is 0 Å². The van der Waals surface area contributed by atoms with Crippen LogP contribution in [-0.2, 0) is 0 Å². The van der Waals surface area contributed by atoms with Gasteiger partial charge >= 0.3 is 37.8 Å². The molecule has 0 heterocycles. The average Bonchev–Trinajstić information content (AvgIpc) is 1.30. The second-order valence-corrected chi connectivity index (χ2v) is 6.43. The molecule has 0 amide bonds. The molecule has 0 rings (SSSR count). The van der Waals surface area contributed by atoms with Gasteiger partial charge in [-0.25, -0.2) is 5.26 Å². The number of nitrogens with zero attached hydrogens (tertiary/aromatic N) is 1. The van der Waals surface area contributed by atoms with Crippen molar-refractivity contribution < 1.29 is 18.3 Å². The van der Waals surface area contributed by atoms with Crippen molar-refractivity contribution in [1.82, 2.24) is 0 Å². The SMILES string of the molecule is C#N.[F][Sb-]([F])([F])([F])([F])[F].[H+]. The van der Waals surface area contributed by atoms with E-state index in [1.807, 2.05) is 0 Å². The van der Waals surface area contributed by atoms with E-state index in [1.165, 1.54) is 0 Å². The summed E-state index contributed by atoms with van der Waals surface area (Å²) in [4.78, 5) is 0. The first kappa shape index (κ1) is 11.7. The largest absolute Gasteiger partial charge is 1.00 e. The summed E-state index contributed by atoms with van der Waals surface area (Å²) in [5, 5.41) is 6.50. The third kappa shape index (κ3) is 21900. The maximum absolute atomic E-state index is 11.2. The van der Waals surface area contributed by atoms with Gasteiger partial charge < -0.3 is 0 Å². The van der Waals surface area contributed by atoms with Crippen LogP contribution in [0.4, 0.5) is 16.9 Å². The van der Waals surface area contributed by atoms with Crippen LogP contribution in [0.5, 0.6) is 0 Å². The zero-order valence-electron chi connectivity index (χ0n) is 4.74. The van der Waals surface area contributed by atoms with E-state index in [4.69, 9.17) is 5.26 Å². The minimum Gasteiger partial charge on any atom is 1.00 e. The molecule has 0 unspecified atom stereocenters. The Morgan fingerprint density at radius 1 is 0.889 bits per heavy atom. The second-order valence-electron chi connectivity index (χ2n) is 0.958. The molecule has 0 aliphatic carbocycles. The van der Waals surface area contributed by atoms with Gasteiger partial charge in [0.2, 0.25) is 0 Å². The van der Waals surface area contributed by atoms with Crippen LogP contribution in [0.2, 0.25) is 0 Å². The standard InChI is InChI=1S/CHN.6FH.Sb/c1-2;;;;;;;/h1H;6*1H;/q;;;;;;;+5/p-5. The zero-order chi connectivity index (χ0) is 8.41. The quantitative estimate of drug-likeness (QED) is 0.486. The van der Waals surface area contributed by atoms with Crippen LogP contribution in [-0.4, -0.2) is 19.5 Å². The van der Waals surface area contributed by atoms with Crippen molar-refractivity contribution in [3.05, 3.63) is 0 Å². The summed E-state index contributed by atoms with van der Waals surface area (Å²) in [6.45, 7) is 3.50. The van der Waals surface area contributed by atoms with E-state index in [9.17, 15) is 16.9 Å². The Kier molecular flexibility index (Phi) is 2.19. The van der Waals surface area contributed by atoms with E-state index in [1.54, 1.807) is 0 Å². The van der Waals surface area contributed by atoms with Crippen molar-refractivity contribution in [2.75, 3.05) is 0 Å². The first-order chi connectivity index (χ1) is 3.45. The molecular weight excluding hydrogens is 262 g/mol. The van der Waals surface area contributed by atoms with Gasteiger partial charge in [0.1, 0.15) is 0 Å². The summed E-state index contributed by atoms with van der Waals surface area (Å²) in [6.07, 6.45) is 0. The molecule has 8 heteroatoms. The number of halogens is 6. The fourth-order valence-corrected chi connectivity index (χ4v) is 0. The smallest absolute Gasteiger partial charge is 1.00 e. The average molecular weight is 264 g/mol. The number of rotatable bonds is 0. The van der Waals surface area contributed by atoms with E-state index in [0.29, 0.717) is 0 Å². The van der Waals surface area contributed by atoms with E-state index in [2.05, 4.69) is 6.57 Å². The minimum atomic E-state index is -11.2. The van der Waals surface area contributed by atoms with Gasteiger partial charge in [-0.1, -0.05) is 0 Å². The summed E-state index contributed by atoms with van der Waals surface area (Å²) in [6, 6.07) is 0. The molecule has 0 atom stereocenters. The van der Waals surface area contributed by atoms with Crippen molar-refractivity contribution in [3.8, 4) is 6.57 Å². The van der Waals surface area contributed by atoms with Crippen molar-refractivity contribution >= 4 is 19.5 Å². The van der Waals surface area contributed by atoms with Crippen molar-refractivity contribution in [1.29, 1.82) is 5.26 Å². The van der Waals surface area contributed by atoms with Crippen molar-refractivity contribution in [2.45, 2.75) is 0 Å². The van der Waals surface area contributed by atoms with E-state index < -0.39 is 19.5 Å².